The van der Waals surface area contributed by atoms with Gasteiger partial charge < -0.3 is 10.6 Å². The van der Waals surface area contributed by atoms with Crippen LogP contribution in [0.2, 0.25) is 0 Å². The van der Waals surface area contributed by atoms with Gasteiger partial charge in [-0.1, -0.05) is 13.8 Å². The third-order valence-corrected chi connectivity index (χ3v) is 3.05. The third-order valence-electron chi connectivity index (χ3n) is 3.05. The first kappa shape index (κ1) is 13.0. The van der Waals surface area contributed by atoms with Crippen molar-refractivity contribution < 1.29 is 0 Å². The highest BCUT2D eigenvalue weighted by Gasteiger charge is 2.16. The van der Waals surface area contributed by atoms with Gasteiger partial charge in [-0.2, -0.15) is 0 Å². The maximum Gasteiger partial charge on any atom is 0.0429 e. The van der Waals surface area contributed by atoms with Crippen molar-refractivity contribution in [2.75, 3.05) is 18.0 Å². The van der Waals surface area contributed by atoms with Crippen molar-refractivity contribution in [3.8, 4) is 0 Å². The zero-order valence-corrected chi connectivity index (χ0v) is 10.6. The highest BCUT2D eigenvalue weighted by atomic mass is 15.2. The van der Waals surface area contributed by atoms with Crippen molar-refractivity contribution in [2.24, 2.45) is 5.73 Å². The Bertz CT molecular complexity index is 308. The molecule has 0 aromatic carbocycles. The highest BCUT2D eigenvalue weighted by molar-refractivity contribution is 5.52. The smallest absolute Gasteiger partial charge is 0.0429 e. The molecule has 16 heavy (non-hydrogen) atoms. The van der Waals surface area contributed by atoms with Gasteiger partial charge in [0.25, 0.3) is 0 Å². The van der Waals surface area contributed by atoms with E-state index in [9.17, 15) is 0 Å². The number of rotatable bonds is 6. The monoisotopic (exact) mass is 221 g/mol. The Kier molecular flexibility index (Phi) is 5.26. The van der Waals surface area contributed by atoms with E-state index >= 15 is 0 Å². The molecular formula is C13H23N3. The summed E-state index contributed by atoms with van der Waals surface area (Å²) in [5.74, 6) is 0. The van der Waals surface area contributed by atoms with E-state index in [1.807, 2.05) is 12.4 Å². The largest absolute Gasteiger partial charge is 0.367 e. The van der Waals surface area contributed by atoms with Gasteiger partial charge in [0.2, 0.25) is 0 Å². The Labute approximate surface area is 98.7 Å². The SMILES string of the molecule is CCC(CC)N(CCN)c1ccncc1C. The predicted molar refractivity (Wildman–Crippen MR) is 69.7 cm³/mol. The summed E-state index contributed by atoms with van der Waals surface area (Å²) in [5.41, 5.74) is 8.20. The lowest BCUT2D eigenvalue weighted by Crippen LogP contribution is -2.38. The maximum atomic E-state index is 5.71. The second kappa shape index (κ2) is 6.48. The van der Waals surface area contributed by atoms with Crippen LogP contribution in [0.25, 0.3) is 0 Å². The normalized spacial score (nSPS) is 10.8. The summed E-state index contributed by atoms with van der Waals surface area (Å²) in [4.78, 5) is 6.55. The number of aryl methyl sites for hydroxylation is 1. The minimum atomic E-state index is 0.574. The summed E-state index contributed by atoms with van der Waals surface area (Å²) < 4.78 is 0. The fourth-order valence-electron chi connectivity index (χ4n) is 2.16. The molecule has 90 valence electrons. The first-order chi connectivity index (χ1) is 7.74. The van der Waals surface area contributed by atoms with Crippen LogP contribution in [0.15, 0.2) is 18.5 Å². The molecule has 1 aromatic heterocycles. The molecule has 3 heteroatoms. The molecule has 1 rings (SSSR count). The molecule has 0 radical (unpaired) electrons. The second-order valence-corrected chi connectivity index (χ2v) is 4.11. The molecule has 0 aliphatic heterocycles. The molecule has 0 saturated heterocycles. The number of hydrogen-bond donors (Lipinski definition) is 1. The fourth-order valence-corrected chi connectivity index (χ4v) is 2.16. The van der Waals surface area contributed by atoms with Gasteiger partial charge in [-0.3, -0.25) is 4.98 Å². The summed E-state index contributed by atoms with van der Waals surface area (Å²) >= 11 is 0. The average molecular weight is 221 g/mol. The molecule has 0 aliphatic carbocycles. The number of hydrogen-bond acceptors (Lipinski definition) is 3. The van der Waals surface area contributed by atoms with Crippen LogP contribution >= 0.6 is 0 Å². The van der Waals surface area contributed by atoms with Crippen molar-refractivity contribution in [3.63, 3.8) is 0 Å². The minimum Gasteiger partial charge on any atom is -0.367 e. The lowest BCUT2D eigenvalue weighted by Gasteiger charge is -2.33. The van der Waals surface area contributed by atoms with Crippen molar-refractivity contribution >= 4 is 5.69 Å². The van der Waals surface area contributed by atoms with E-state index in [4.69, 9.17) is 5.73 Å². The third kappa shape index (κ3) is 2.95. The molecule has 1 aromatic rings. The van der Waals surface area contributed by atoms with Crippen LogP contribution < -0.4 is 10.6 Å². The van der Waals surface area contributed by atoms with Crippen LogP contribution in [-0.4, -0.2) is 24.1 Å². The predicted octanol–water partition coefficient (Wildman–Crippen LogP) is 2.34. The van der Waals surface area contributed by atoms with E-state index in [1.165, 1.54) is 11.3 Å². The summed E-state index contributed by atoms with van der Waals surface area (Å²) in [5, 5.41) is 0. The molecular weight excluding hydrogens is 198 g/mol. The quantitative estimate of drug-likeness (QED) is 0.801. The maximum absolute atomic E-state index is 5.71. The topological polar surface area (TPSA) is 42.1 Å². The molecule has 0 spiro atoms. The van der Waals surface area contributed by atoms with Gasteiger partial charge in [-0.15, -0.1) is 0 Å². The Morgan fingerprint density at radius 3 is 2.56 bits per heavy atom. The van der Waals surface area contributed by atoms with Crippen LogP contribution in [0, 0.1) is 6.92 Å². The van der Waals surface area contributed by atoms with Gasteiger partial charge in [0.15, 0.2) is 0 Å². The van der Waals surface area contributed by atoms with E-state index in [1.54, 1.807) is 0 Å². The summed E-state index contributed by atoms with van der Waals surface area (Å²) in [6, 6.07) is 2.66. The first-order valence-electron chi connectivity index (χ1n) is 6.11. The first-order valence-corrected chi connectivity index (χ1v) is 6.11. The Morgan fingerprint density at radius 2 is 2.06 bits per heavy atom. The number of aromatic nitrogens is 1. The van der Waals surface area contributed by atoms with E-state index in [0.29, 0.717) is 12.6 Å². The minimum absolute atomic E-state index is 0.574. The molecule has 3 nitrogen and oxygen atoms in total. The average Bonchev–Trinajstić information content (AvgIpc) is 2.30. The Morgan fingerprint density at radius 1 is 1.38 bits per heavy atom. The second-order valence-electron chi connectivity index (χ2n) is 4.11. The molecule has 0 atom stereocenters. The standard InChI is InChI=1S/C13H23N3/c1-4-12(5-2)16(9-7-14)13-6-8-15-10-11(13)3/h6,8,10,12H,4-5,7,9,14H2,1-3H3. The number of anilines is 1. The van der Waals surface area contributed by atoms with Gasteiger partial charge in [0.1, 0.15) is 0 Å². The van der Waals surface area contributed by atoms with Crippen molar-refractivity contribution in [1.29, 1.82) is 0 Å². The molecule has 0 amide bonds. The van der Waals surface area contributed by atoms with Crippen LogP contribution in [0.4, 0.5) is 5.69 Å². The molecule has 0 bridgehead atoms. The van der Waals surface area contributed by atoms with Crippen LogP contribution in [-0.2, 0) is 0 Å². The lowest BCUT2D eigenvalue weighted by atomic mass is 10.1. The fraction of sp³-hybridized carbons (Fsp3) is 0.615. The zero-order chi connectivity index (χ0) is 12.0. The molecule has 0 unspecified atom stereocenters. The van der Waals surface area contributed by atoms with Gasteiger partial charge in [-0.05, 0) is 31.4 Å². The van der Waals surface area contributed by atoms with Crippen molar-refractivity contribution in [1.82, 2.24) is 4.98 Å². The van der Waals surface area contributed by atoms with Gasteiger partial charge in [0, 0.05) is 37.2 Å². The van der Waals surface area contributed by atoms with Crippen LogP contribution in [0.3, 0.4) is 0 Å². The number of nitrogens with zero attached hydrogens (tertiary/aromatic N) is 2. The van der Waals surface area contributed by atoms with Crippen molar-refractivity contribution in [3.05, 3.63) is 24.0 Å². The molecule has 0 fully saturated rings. The van der Waals surface area contributed by atoms with Gasteiger partial charge in [0.05, 0.1) is 0 Å². The zero-order valence-electron chi connectivity index (χ0n) is 10.6. The Balaban J connectivity index is 2.97. The number of pyridine rings is 1. The van der Waals surface area contributed by atoms with E-state index in [-0.39, 0.29) is 0 Å². The summed E-state index contributed by atoms with van der Waals surface area (Å²) in [7, 11) is 0. The molecule has 2 N–H and O–H groups in total. The van der Waals surface area contributed by atoms with E-state index < -0.39 is 0 Å². The highest BCUT2D eigenvalue weighted by Crippen LogP contribution is 2.22. The Hall–Kier alpha value is -1.09. The van der Waals surface area contributed by atoms with Crippen LogP contribution in [0.1, 0.15) is 32.3 Å². The molecule has 0 saturated carbocycles. The molecule has 1 heterocycles. The number of nitrogens with two attached hydrogens (primary N) is 1. The van der Waals surface area contributed by atoms with E-state index in [2.05, 4.69) is 36.7 Å². The van der Waals surface area contributed by atoms with Crippen molar-refractivity contribution in [2.45, 2.75) is 39.7 Å². The van der Waals surface area contributed by atoms with E-state index in [0.717, 1.165) is 19.4 Å². The lowest BCUT2D eigenvalue weighted by molar-refractivity contribution is 0.558. The molecule has 0 aliphatic rings. The van der Waals surface area contributed by atoms with Gasteiger partial charge >= 0.3 is 0 Å². The summed E-state index contributed by atoms with van der Waals surface area (Å²) in [6.45, 7) is 8.17. The summed E-state index contributed by atoms with van der Waals surface area (Å²) in [6.07, 6.45) is 6.08. The van der Waals surface area contributed by atoms with Gasteiger partial charge in [-0.25, -0.2) is 0 Å². The van der Waals surface area contributed by atoms with Crippen LogP contribution in [0.5, 0.6) is 0 Å².